The predicted octanol–water partition coefficient (Wildman–Crippen LogP) is 2.46. The number of fused-ring (bicyclic) bond motifs is 1. The van der Waals surface area contributed by atoms with E-state index in [4.69, 9.17) is 13.9 Å². The summed E-state index contributed by atoms with van der Waals surface area (Å²) in [6, 6.07) is 11.5. The van der Waals surface area contributed by atoms with Crippen LogP contribution < -0.4 is 20.2 Å². The molecule has 1 atom stereocenters. The van der Waals surface area contributed by atoms with Crippen molar-refractivity contribution in [1.29, 1.82) is 0 Å². The minimum Gasteiger partial charge on any atom is -0.497 e. The number of benzene rings is 2. The molecule has 4 rings (SSSR count). The van der Waals surface area contributed by atoms with Crippen molar-refractivity contribution in [3.05, 3.63) is 58.4 Å². The summed E-state index contributed by atoms with van der Waals surface area (Å²) in [7, 11) is -1.50. The average Bonchev–Trinajstić information content (AvgIpc) is 3.10. The van der Waals surface area contributed by atoms with Gasteiger partial charge in [-0.15, -0.1) is 0 Å². The van der Waals surface area contributed by atoms with Gasteiger partial charge in [-0.3, -0.25) is 9.59 Å². The maximum Gasteiger partial charge on any atom is 0.258 e. The number of rotatable bonds is 6. The van der Waals surface area contributed by atoms with Gasteiger partial charge in [-0.05, 0) is 43.2 Å². The lowest BCUT2D eigenvalue weighted by atomic mass is 10.0. The third-order valence-electron chi connectivity index (χ3n) is 5.39. The van der Waals surface area contributed by atoms with Gasteiger partial charge >= 0.3 is 0 Å². The maximum atomic E-state index is 13.1. The Morgan fingerprint density at radius 2 is 1.88 bits per heavy atom. The molecule has 1 aliphatic rings. The van der Waals surface area contributed by atoms with Crippen LogP contribution in [-0.2, 0) is 14.6 Å². The molecule has 0 radical (unpaired) electrons. The van der Waals surface area contributed by atoms with Crippen molar-refractivity contribution < 1.29 is 27.1 Å². The highest BCUT2D eigenvalue weighted by molar-refractivity contribution is 7.91. The molecule has 2 aromatic carbocycles. The molecular formula is C23H23NO7S. The van der Waals surface area contributed by atoms with Gasteiger partial charge < -0.3 is 19.2 Å². The second-order valence-electron chi connectivity index (χ2n) is 7.70. The number of carbonyl (C=O) groups is 1. The molecule has 3 aromatic rings. The third-order valence-corrected chi connectivity index (χ3v) is 7.15. The van der Waals surface area contributed by atoms with E-state index in [1.54, 1.807) is 56.5 Å². The highest BCUT2D eigenvalue weighted by Crippen LogP contribution is 2.27. The van der Waals surface area contributed by atoms with Crippen LogP contribution in [0.5, 0.6) is 11.5 Å². The van der Waals surface area contributed by atoms with Crippen LogP contribution in [0.4, 0.5) is 0 Å². The SMILES string of the molecule is COc1ccc(-c2c(C)oc3cc(OCC(=O)NC4CCS(=O)(=O)C4)ccc3c2=O)cc1. The summed E-state index contributed by atoms with van der Waals surface area (Å²) in [6.45, 7) is 1.45. The van der Waals surface area contributed by atoms with Gasteiger partial charge in [0, 0.05) is 12.1 Å². The Balaban J connectivity index is 1.50. The third kappa shape index (κ3) is 4.62. The molecule has 8 nitrogen and oxygen atoms in total. The smallest absolute Gasteiger partial charge is 0.258 e. The standard InChI is InChI=1S/C23H23NO7S/c1-14-22(15-3-5-17(29-2)6-4-15)23(26)19-8-7-18(11-20(19)31-14)30-12-21(25)24-16-9-10-32(27,28)13-16/h3-8,11,16H,9-10,12-13H2,1-2H3,(H,24,25). The quantitative estimate of drug-likeness (QED) is 0.605. The fraction of sp³-hybridized carbons (Fsp3) is 0.304. The summed E-state index contributed by atoms with van der Waals surface area (Å²) >= 11 is 0. The number of nitrogens with one attached hydrogen (secondary N) is 1. The highest BCUT2D eigenvalue weighted by Gasteiger charge is 2.28. The number of sulfone groups is 1. The second-order valence-corrected chi connectivity index (χ2v) is 9.93. The molecule has 1 N–H and O–H groups in total. The van der Waals surface area contributed by atoms with Crippen LogP contribution in [0.25, 0.3) is 22.1 Å². The zero-order valence-electron chi connectivity index (χ0n) is 17.7. The molecule has 0 bridgehead atoms. The first-order chi connectivity index (χ1) is 15.3. The van der Waals surface area contributed by atoms with Crippen molar-refractivity contribution in [2.75, 3.05) is 25.2 Å². The zero-order chi connectivity index (χ0) is 22.9. The minimum atomic E-state index is -3.07. The molecule has 1 unspecified atom stereocenters. The second kappa shape index (κ2) is 8.66. The molecule has 1 aliphatic heterocycles. The van der Waals surface area contributed by atoms with Gasteiger partial charge in [0.1, 0.15) is 22.8 Å². The molecule has 0 saturated carbocycles. The van der Waals surface area contributed by atoms with Crippen LogP contribution in [0.1, 0.15) is 12.2 Å². The van der Waals surface area contributed by atoms with Crippen LogP contribution in [0, 0.1) is 6.92 Å². The van der Waals surface area contributed by atoms with E-state index in [2.05, 4.69) is 5.32 Å². The summed E-state index contributed by atoms with van der Waals surface area (Å²) in [4.78, 5) is 25.2. The van der Waals surface area contributed by atoms with E-state index in [1.165, 1.54) is 0 Å². The fourth-order valence-corrected chi connectivity index (χ4v) is 5.47. The topological polar surface area (TPSA) is 112 Å². The maximum absolute atomic E-state index is 13.1. The summed E-state index contributed by atoms with van der Waals surface area (Å²) < 4.78 is 39.6. The van der Waals surface area contributed by atoms with Crippen molar-refractivity contribution in [2.45, 2.75) is 19.4 Å². The molecule has 9 heteroatoms. The van der Waals surface area contributed by atoms with Gasteiger partial charge in [0.05, 0.1) is 29.6 Å². The summed E-state index contributed by atoms with van der Waals surface area (Å²) in [5.74, 6) is 1.16. The van der Waals surface area contributed by atoms with Gasteiger partial charge in [-0.25, -0.2) is 8.42 Å². The number of aryl methyl sites for hydroxylation is 1. The van der Waals surface area contributed by atoms with E-state index in [1.807, 2.05) is 0 Å². The Labute approximate surface area is 185 Å². The van der Waals surface area contributed by atoms with Crippen molar-refractivity contribution in [1.82, 2.24) is 5.32 Å². The highest BCUT2D eigenvalue weighted by atomic mass is 32.2. The van der Waals surface area contributed by atoms with Gasteiger partial charge in [0.2, 0.25) is 5.43 Å². The van der Waals surface area contributed by atoms with Gasteiger partial charge in [-0.2, -0.15) is 0 Å². The first-order valence-corrected chi connectivity index (χ1v) is 11.9. The normalized spacial score (nSPS) is 17.2. The lowest BCUT2D eigenvalue weighted by Gasteiger charge is -2.12. The number of ether oxygens (including phenoxy) is 2. The summed E-state index contributed by atoms with van der Waals surface area (Å²) in [6.07, 6.45) is 0.408. The van der Waals surface area contributed by atoms with Crippen molar-refractivity contribution >= 4 is 26.7 Å². The molecule has 1 fully saturated rings. The van der Waals surface area contributed by atoms with Crippen LogP contribution in [0.15, 0.2) is 51.7 Å². The monoisotopic (exact) mass is 457 g/mol. The molecule has 2 heterocycles. The van der Waals surface area contributed by atoms with Crippen LogP contribution in [0.3, 0.4) is 0 Å². The van der Waals surface area contributed by atoms with Crippen LogP contribution >= 0.6 is 0 Å². The van der Waals surface area contributed by atoms with E-state index in [0.29, 0.717) is 40.2 Å². The molecule has 1 saturated heterocycles. The molecule has 1 aromatic heterocycles. The molecule has 168 valence electrons. The van der Waals surface area contributed by atoms with Crippen molar-refractivity contribution in [3.8, 4) is 22.6 Å². The van der Waals surface area contributed by atoms with Crippen molar-refractivity contribution in [3.63, 3.8) is 0 Å². The number of methoxy groups -OCH3 is 1. The largest absolute Gasteiger partial charge is 0.497 e. The van der Waals surface area contributed by atoms with E-state index in [-0.39, 0.29) is 29.6 Å². The number of carbonyl (C=O) groups excluding carboxylic acids is 1. The van der Waals surface area contributed by atoms with Crippen molar-refractivity contribution in [2.24, 2.45) is 0 Å². The predicted molar refractivity (Wildman–Crippen MR) is 120 cm³/mol. The van der Waals surface area contributed by atoms with Crippen LogP contribution in [-0.4, -0.2) is 45.6 Å². The molecule has 0 spiro atoms. The summed E-state index contributed by atoms with van der Waals surface area (Å²) in [5, 5.41) is 3.07. The lowest BCUT2D eigenvalue weighted by Crippen LogP contribution is -2.38. The molecule has 32 heavy (non-hydrogen) atoms. The van der Waals surface area contributed by atoms with Crippen LogP contribution in [0.2, 0.25) is 0 Å². The fourth-order valence-electron chi connectivity index (χ4n) is 3.79. The summed E-state index contributed by atoms with van der Waals surface area (Å²) in [5.41, 5.74) is 1.38. The van der Waals surface area contributed by atoms with Gasteiger partial charge in [0.25, 0.3) is 5.91 Å². The van der Waals surface area contributed by atoms with E-state index >= 15 is 0 Å². The first-order valence-electron chi connectivity index (χ1n) is 10.1. The Kier molecular flexibility index (Phi) is 5.92. The first kappa shape index (κ1) is 21.9. The molecule has 0 aliphatic carbocycles. The van der Waals surface area contributed by atoms with E-state index < -0.39 is 15.7 Å². The Hall–Kier alpha value is -3.33. The zero-order valence-corrected chi connectivity index (χ0v) is 18.5. The van der Waals surface area contributed by atoms with Gasteiger partial charge in [0.15, 0.2) is 16.4 Å². The number of amides is 1. The number of hydrogen-bond donors (Lipinski definition) is 1. The minimum absolute atomic E-state index is 0.0460. The Morgan fingerprint density at radius 3 is 2.53 bits per heavy atom. The van der Waals surface area contributed by atoms with E-state index in [9.17, 15) is 18.0 Å². The lowest BCUT2D eigenvalue weighted by molar-refractivity contribution is -0.123. The molecule has 1 amide bonds. The Bertz CT molecular complexity index is 1330. The van der Waals surface area contributed by atoms with E-state index in [0.717, 1.165) is 5.56 Å². The number of hydrogen-bond acceptors (Lipinski definition) is 7. The van der Waals surface area contributed by atoms with Gasteiger partial charge in [-0.1, -0.05) is 12.1 Å². The molecular weight excluding hydrogens is 434 g/mol. The Morgan fingerprint density at radius 1 is 1.16 bits per heavy atom. The average molecular weight is 458 g/mol.